The van der Waals surface area contributed by atoms with Gasteiger partial charge < -0.3 is 10.4 Å². The Labute approximate surface area is 169 Å². The summed E-state index contributed by atoms with van der Waals surface area (Å²) in [4.78, 5) is 12.2. The maximum Gasteiger partial charge on any atom is 0.389 e. The predicted octanol–water partition coefficient (Wildman–Crippen LogP) is 4.20. The van der Waals surface area contributed by atoms with Crippen molar-refractivity contribution in [1.29, 1.82) is 0 Å². The van der Waals surface area contributed by atoms with Crippen molar-refractivity contribution in [3.05, 3.63) is 32.3 Å². The number of aromatic hydroxyl groups is 1. The van der Waals surface area contributed by atoms with E-state index in [4.69, 9.17) is 0 Å². The van der Waals surface area contributed by atoms with E-state index in [0.717, 1.165) is 12.1 Å². The van der Waals surface area contributed by atoms with Gasteiger partial charge in [-0.3, -0.25) is 15.0 Å². The molecular weight excluding hydrogens is 466 g/mol. The molecule has 1 aliphatic rings. The van der Waals surface area contributed by atoms with E-state index in [0.29, 0.717) is 26.2 Å². The highest BCUT2D eigenvalue weighted by atomic mass is 79.9. The molecule has 26 heavy (non-hydrogen) atoms. The lowest BCUT2D eigenvalue weighted by atomic mass is 9.97. The summed E-state index contributed by atoms with van der Waals surface area (Å²) in [6, 6.07) is 1.55. The molecule has 0 saturated carbocycles. The summed E-state index contributed by atoms with van der Waals surface area (Å²) in [6.07, 6.45) is -5.63. The second kappa shape index (κ2) is 10.5. The molecule has 150 valence electrons. The molecule has 0 amide bonds. The molecular formula is C14H19BrCl2F3N3O3. The number of phenolic OH excluding ortho intramolecular Hbond substituents is 1. The molecule has 2 rings (SSSR count). The van der Waals surface area contributed by atoms with E-state index in [9.17, 15) is 28.4 Å². The molecule has 1 aromatic carbocycles. The van der Waals surface area contributed by atoms with Gasteiger partial charge in [0, 0.05) is 56.3 Å². The molecule has 2 N–H and O–H groups in total. The highest BCUT2D eigenvalue weighted by Crippen LogP contribution is 2.41. The molecule has 1 saturated heterocycles. The molecule has 1 aromatic rings. The minimum Gasteiger partial charge on any atom is -0.506 e. The zero-order valence-corrected chi connectivity index (χ0v) is 16.7. The smallest absolute Gasteiger partial charge is 0.389 e. The van der Waals surface area contributed by atoms with Crippen LogP contribution in [0.1, 0.15) is 24.4 Å². The monoisotopic (exact) mass is 483 g/mol. The zero-order chi connectivity index (χ0) is 17.9. The first-order chi connectivity index (χ1) is 11.2. The van der Waals surface area contributed by atoms with Crippen LogP contribution in [0.5, 0.6) is 5.75 Å². The van der Waals surface area contributed by atoms with Gasteiger partial charge in [-0.25, -0.2) is 0 Å². The highest BCUT2D eigenvalue weighted by Gasteiger charge is 2.33. The number of nitro benzene ring substituents is 1. The molecule has 6 nitrogen and oxygen atoms in total. The van der Waals surface area contributed by atoms with E-state index in [1.807, 2.05) is 4.90 Å². The fourth-order valence-electron chi connectivity index (χ4n) is 2.79. The van der Waals surface area contributed by atoms with E-state index in [-0.39, 0.29) is 52.7 Å². The van der Waals surface area contributed by atoms with Crippen LogP contribution >= 0.6 is 40.7 Å². The average Bonchev–Trinajstić information content (AvgIpc) is 2.51. The standard InChI is InChI=1S/C14H17BrF3N3O3.2ClH/c15-11-8-9(21(23)24)7-10(13(11)22)12(1-2-14(16,17)18)20-5-3-19-4-6-20;;/h7-8,12,19,22H,1-6H2;2*1H/t12-;;/m1../s1. The molecule has 0 aromatic heterocycles. The van der Waals surface area contributed by atoms with Crippen molar-refractivity contribution in [2.24, 2.45) is 0 Å². The number of benzene rings is 1. The molecule has 0 aliphatic carbocycles. The Bertz CT molecular complexity index is 617. The summed E-state index contributed by atoms with van der Waals surface area (Å²) < 4.78 is 38.1. The van der Waals surface area contributed by atoms with Crippen LogP contribution in [0.3, 0.4) is 0 Å². The van der Waals surface area contributed by atoms with Gasteiger partial charge in [0.1, 0.15) is 5.75 Å². The van der Waals surface area contributed by atoms with Gasteiger partial charge in [0.05, 0.1) is 9.40 Å². The maximum atomic E-state index is 12.7. The molecule has 0 bridgehead atoms. The van der Waals surface area contributed by atoms with Gasteiger partial charge >= 0.3 is 6.18 Å². The molecule has 1 heterocycles. The first-order valence-corrected chi connectivity index (χ1v) is 8.16. The summed E-state index contributed by atoms with van der Waals surface area (Å²) in [5.74, 6) is -0.258. The molecule has 0 spiro atoms. The number of piperazine rings is 1. The van der Waals surface area contributed by atoms with Crippen molar-refractivity contribution in [3.63, 3.8) is 0 Å². The molecule has 1 atom stereocenters. The number of hydrogen-bond donors (Lipinski definition) is 2. The quantitative estimate of drug-likeness (QED) is 0.483. The van der Waals surface area contributed by atoms with Crippen LogP contribution in [0.2, 0.25) is 0 Å². The third-order valence-corrected chi connectivity index (χ3v) is 4.55. The number of non-ortho nitro benzene ring substituents is 1. The van der Waals surface area contributed by atoms with Gasteiger partial charge in [-0.1, -0.05) is 0 Å². The van der Waals surface area contributed by atoms with Crippen molar-refractivity contribution in [1.82, 2.24) is 10.2 Å². The van der Waals surface area contributed by atoms with Crippen LogP contribution in [0, 0.1) is 10.1 Å². The summed E-state index contributed by atoms with van der Waals surface area (Å²) >= 11 is 3.04. The number of nitrogens with zero attached hydrogens (tertiary/aromatic N) is 2. The highest BCUT2D eigenvalue weighted by molar-refractivity contribution is 9.10. The van der Waals surface area contributed by atoms with Crippen molar-refractivity contribution < 1.29 is 23.2 Å². The van der Waals surface area contributed by atoms with Crippen LogP contribution in [0.4, 0.5) is 18.9 Å². The minimum absolute atomic E-state index is 0. The van der Waals surface area contributed by atoms with Gasteiger partial charge in [0.15, 0.2) is 0 Å². The molecule has 1 fully saturated rings. The Balaban J connectivity index is 0.00000312. The summed E-state index contributed by atoms with van der Waals surface area (Å²) in [5, 5.41) is 24.4. The largest absolute Gasteiger partial charge is 0.506 e. The van der Waals surface area contributed by atoms with E-state index < -0.39 is 23.6 Å². The van der Waals surface area contributed by atoms with Crippen molar-refractivity contribution in [2.75, 3.05) is 26.2 Å². The van der Waals surface area contributed by atoms with E-state index in [2.05, 4.69) is 21.2 Å². The number of rotatable bonds is 5. The lowest BCUT2D eigenvalue weighted by Crippen LogP contribution is -2.45. The van der Waals surface area contributed by atoms with Crippen LogP contribution in [-0.4, -0.2) is 47.3 Å². The van der Waals surface area contributed by atoms with E-state index >= 15 is 0 Å². The topological polar surface area (TPSA) is 78.6 Å². The third-order valence-electron chi connectivity index (χ3n) is 3.94. The van der Waals surface area contributed by atoms with Gasteiger partial charge in [-0.2, -0.15) is 13.2 Å². The molecule has 0 radical (unpaired) electrons. The first-order valence-electron chi connectivity index (χ1n) is 7.37. The molecule has 0 unspecified atom stereocenters. The van der Waals surface area contributed by atoms with Crippen LogP contribution in [-0.2, 0) is 0 Å². The normalized spacial score (nSPS) is 16.3. The Morgan fingerprint density at radius 1 is 1.31 bits per heavy atom. The SMILES string of the molecule is Cl.Cl.O=[N+]([O-])c1cc(Br)c(O)c([C@@H](CCC(F)(F)F)N2CCNCC2)c1. The first kappa shape index (κ1) is 25.2. The van der Waals surface area contributed by atoms with Gasteiger partial charge in [0.25, 0.3) is 5.69 Å². The Morgan fingerprint density at radius 3 is 2.38 bits per heavy atom. The fraction of sp³-hybridized carbons (Fsp3) is 0.571. The number of phenols is 1. The van der Waals surface area contributed by atoms with Crippen molar-refractivity contribution in [3.8, 4) is 5.75 Å². The van der Waals surface area contributed by atoms with E-state index in [1.165, 1.54) is 0 Å². The number of halogens is 6. The van der Waals surface area contributed by atoms with Crippen molar-refractivity contribution in [2.45, 2.75) is 25.1 Å². The van der Waals surface area contributed by atoms with Crippen LogP contribution in [0.15, 0.2) is 16.6 Å². The van der Waals surface area contributed by atoms with Gasteiger partial charge in [0.2, 0.25) is 0 Å². The number of nitro groups is 1. The van der Waals surface area contributed by atoms with E-state index in [1.54, 1.807) is 0 Å². The minimum atomic E-state index is -4.33. The molecule has 12 heteroatoms. The predicted molar refractivity (Wildman–Crippen MR) is 99.4 cm³/mol. The lowest BCUT2D eigenvalue weighted by molar-refractivity contribution is -0.385. The maximum absolute atomic E-state index is 12.7. The third kappa shape index (κ3) is 6.73. The second-order valence-corrected chi connectivity index (χ2v) is 6.43. The Kier molecular flexibility index (Phi) is 10.2. The van der Waals surface area contributed by atoms with Crippen LogP contribution < -0.4 is 5.32 Å². The molecule has 1 aliphatic heterocycles. The van der Waals surface area contributed by atoms with Crippen LogP contribution in [0.25, 0.3) is 0 Å². The summed E-state index contributed by atoms with van der Waals surface area (Å²) in [5.41, 5.74) is -0.135. The number of hydrogen-bond acceptors (Lipinski definition) is 5. The fourth-order valence-corrected chi connectivity index (χ4v) is 3.26. The number of nitrogens with one attached hydrogen (secondary N) is 1. The summed E-state index contributed by atoms with van der Waals surface area (Å²) in [6.45, 7) is 2.23. The van der Waals surface area contributed by atoms with Crippen molar-refractivity contribution >= 4 is 46.4 Å². The summed E-state index contributed by atoms with van der Waals surface area (Å²) in [7, 11) is 0. The van der Waals surface area contributed by atoms with Gasteiger partial charge in [-0.05, 0) is 22.4 Å². The Hall–Kier alpha value is -0.810. The Morgan fingerprint density at radius 2 is 1.88 bits per heavy atom. The second-order valence-electron chi connectivity index (χ2n) is 5.58. The lowest BCUT2D eigenvalue weighted by Gasteiger charge is -2.35. The zero-order valence-electron chi connectivity index (χ0n) is 13.5. The number of alkyl halides is 3. The average molecular weight is 485 g/mol. The van der Waals surface area contributed by atoms with Gasteiger partial charge in [-0.15, -0.1) is 24.8 Å².